The molecule has 1 unspecified atom stereocenters. The molecule has 112 valence electrons. The van der Waals surface area contributed by atoms with Crippen molar-refractivity contribution in [1.29, 1.82) is 0 Å². The van der Waals surface area contributed by atoms with Gasteiger partial charge >= 0.3 is 0 Å². The van der Waals surface area contributed by atoms with Gasteiger partial charge in [0.15, 0.2) is 0 Å². The summed E-state index contributed by atoms with van der Waals surface area (Å²) in [7, 11) is 1.72. The summed E-state index contributed by atoms with van der Waals surface area (Å²) in [6.07, 6.45) is 1.08. The van der Waals surface area contributed by atoms with Crippen LogP contribution in [0.15, 0.2) is 42.5 Å². The van der Waals surface area contributed by atoms with Gasteiger partial charge in [-0.25, -0.2) is 0 Å². The van der Waals surface area contributed by atoms with E-state index in [4.69, 9.17) is 16.3 Å². The van der Waals surface area contributed by atoms with E-state index in [2.05, 4.69) is 43.4 Å². The van der Waals surface area contributed by atoms with Crippen LogP contribution >= 0.6 is 11.6 Å². The first kappa shape index (κ1) is 15.9. The van der Waals surface area contributed by atoms with Crippen LogP contribution in [0.2, 0.25) is 5.02 Å². The molecule has 21 heavy (non-hydrogen) atoms. The molecule has 2 rings (SSSR count). The van der Waals surface area contributed by atoms with E-state index >= 15 is 0 Å². The molecule has 0 radical (unpaired) electrons. The van der Waals surface area contributed by atoms with Crippen LogP contribution in [0, 0.1) is 6.92 Å². The fourth-order valence-electron chi connectivity index (χ4n) is 2.43. The lowest BCUT2D eigenvalue weighted by Crippen LogP contribution is -2.23. The topological polar surface area (TPSA) is 21.3 Å². The monoisotopic (exact) mass is 303 g/mol. The Kier molecular flexibility index (Phi) is 5.66. The lowest BCUT2D eigenvalue weighted by Gasteiger charge is -2.22. The summed E-state index contributed by atoms with van der Waals surface area (Å²) in [5.74, 6) is 0.907. The fourth-order valence-corrected chi connectivity index (χ4v) is 2.56. The SMILES string of the molecule is CCCNC(c1ccc(Cl)cc1)c1cc(C)ccc1OC. The van der Waals surface area contributed by atoms with Crippen molar-refractivity contribution in [3.63, 3.8) is 0 Å². The summed E-state index contributed by atoms with van der Waals surface area (Å²) in [6, 6.07) is 14.4. The summed E-state index contributed by atoms with van der Waals surface area (Å²) >= 11 is 6.01. The number of benzene rings is 2. The fraction of sp³-hybridized carbons (Fsp3) is 0.333. The van der Waals surface area contributed by atoms with Crippen LogP contribution < -0.4 is 10.1 Å². The number of nitrogens with one attached hydrogen (secondary N) is 1. The Balaban J connectivity index is 2.44. The van der Waals surface area contributed by atoms with Gasteiger partial charge in [-0.05, 0) is 43.7 Å². The first-order valence-electron chi connectivity index (χ1n) is 7.29. The maximum absolute atomic E-state index is 6.01. The van der Waals surface area contributed by atoms with Gasteiger partial charge in [0.05, 0.1) is 13.2 Å². The molecule has 0 saturated heterocycles. The van der Waals surface area contributed by atoms with Gasteiger partial charge in [-0.3, -0.25) is 0 Å². The molecule has 2 nitrogen and oxygen atoms in total. The summed E-state index contributed by atoms with van der Waals surface area (Å²) in [5, 5.41) is 4.35. The maximum atomic E-state index is 6.01. The number of rotatable bonds is 6. The molecule has 1 atom stereocenters. The van der Waals surface area contributed by atoms with Crippen molar-refractivity contribution >= 4 is 11.6 Å². The molecule has 0 heterocycles. The van der Waals surface area contributed by atoms with Crippen molar-refractivity contribution < 1.29 is 4.74 Å². The first-order valence-corrected chi connectivity index (χ1v) is 7.67. The Bertz CT molecular complexity index is 580. The Morgan fingerprint density at radius 3 is 2.48 bits per heavy atom. The van der Waals surface area contributed by atoms with Gasteiger partial charge in [0.1, 0.15) is 5.75 Å². The zero-order valence-electron chi connectivity index (χ0n) is 12.8. The predicted molar refractivity (Wildman–Crippen MR) is 89.3 cm³/mol. The van der Waals surface area contributed by atoms with E-state index in [0.717, 1.165) is 29.3 Å². The van der Waals surface area contributed by atoms with Gasteiger partial charge in [-0.15, -0.1) is 0 Å². The molecule has 0 aliphatic carbocycles. The minimum Gasteiger partial charge on any atom is -0.496 e. The van der Waals surface area contributed by atoms with Gasteiger partial charge in [-0.1, -0.05) is 48.4 Å². The van der Waals surface area contributed by atoms with E-state index in [0.29, 0.717) is 0 Å². The van der Waals surface area contributed by atoms with Crippen LogP contribution in [0.3, 0.4) is 0 Å². The molecule has 0 aliphatic heterocycles. The molecular weight excluding hydrogens is 282 g/mol. The van der Waals surface area contributed by atoms with E-state index in [-0.39, 0.29) is 6.04 Å². The average molecular weight is 304 g/mol. The van der Waals surface area contributed by atoms with Gasteiger partial charge in [0.2, 0.25) is 0 Å². The molecule has 0 fully saturated rings. The maximum Gasteiger partial charge on any atom is 0.123 e. The molecule has 1 N–H and O–H groups in total. The highest BCUT2D eigenvalue weighted by Gasteiger charge is 2.17. The second-order valence-corrected chi connectivity index (χ2v) is 5.62. The molecule has 0 spiro atoms. The van der Waals surface area contributed by atoms with E-state index < -0.39 is 0 Å². The number of hydrogen-bond donors (Lipinski definition) is 1. The van der Waals surface area contributed by atoms with Gasteiger partial charge in [0.25, 0.3) is 0 Å². The van der Waals surface area contributed by atoms with Crippen LogP contribution in [0.25, 0.3) is 0 Å². The number of halogens is 1. The van der Waals surface area contributed by atoms with Crippen LogP contribution in [-0.2, 0) is 0 Å². The van der Waals surface area contributed by atoms with Crippen molar-refractivity contribution in [3.05, 3.63) is 64.2 Å². The number of methoxy groups -OCH3 is 1. The summed E-state index contributed by atoms with van der Waals surface area (Å²) < 4.78 is 5.54. The average Bonchev–Trinajstić information content (AvgIpc) is 2.49. The third-order valence-electron chi connectivity index (χ3n) is 3.50. The Hall–Kier alpha value is -1.51. The Morgan fingerprint density at radius 2 is 1.86 bits per heavy atom. The standard InChI is InChI=1S/C18H22ClNO/c1-4-11-20-18(14-6-8-15(19)9-7-14)16-12-13(2)5-10-17(16)21-3/h5-10,12,18,20H,4,11H2,1-3H3. The second kappa shape index (κ2) is 7.48. The van der Waals surface area contributed by atoms with Crippen molar-refractivity contribution in [2.45, 2.75) is 26.3 Å². The van der Waals surface area contributed by atoms with Crippen LogP contribution in [0.4, 0.5) is 0 Å². The van der Waals surface area contributed by atoms with Gasteiger partial charge in [-0.2, -0.15) is 0 Å². The number of hydrogen-bond acceptors (Lipinski definition) is 2. The Labute approximate surface area is 132 Å². The minimum atomic E-state index is 0.108. The molecule has 2 aromatic carbocycles. The highest BCUT2D eigenvalue weighted by Crippen LogP contribution is 2.31. The second-order valence-electron chi connectivity index (χ2n) is 5.18. The molecular formula is C18H22ClNO. The van der Waals surface area contributed by atoms with Crippen molar-refractivity contribution in [1.82, 2.24) is 5.32 Å². The van der Waals surface area contributed by atoms with Crippen molar-refractivity contribution in [3.8, 4) is 5.75 Å². The normalized spacial score (nSPS) is 12.2. The van der Waals surface area contributed by atoms with Crippen LogP contribution in [-0.4, -0.2) is 13.7 Å². The number of ether oxygens (including phenoxy) is 1. The number of aryl methyl sites for hydroxylation is 1. The lowest BCUT2D eigenvalue weighted by atomic mass is 9.96. The highest BCUT2D eigenvalue weighted by atomic mass is 35.5. The van der Waals surface area contributed by atoms with Crippen LogP contribution in [0.5, 0.6) is 5.75 Å². The molecule has 0 aliphatic rings. The van der Waals surface area contributed by atoms with E-state index in [9.17, 15) is 0 Å². The zero-order valence-corrected chi connectivity index (χ0v) is 13.6. The molecule has 2 aromatic rings. The van der Waals surface area contributed by atoms with Crippen molar-refractivity contribution in [2.24, 2.45) is 0 Å². The summed E-state index contributed by atoms with van der Waals surface area (Å²) in [6.45, 7) is 5.21. The van der Waals surface area contributed by atoms with Crippen LogP contribution in [0.1, 0.15) is 36.1 Å². The lowest BCUT2D eigenvalue weighted by molar-refractivity contribution is 0.403. The minimum absolute atomic E-state index is 0.108. The van der Waals surface area contributed by atoms with Gasteiger partial charge < -0.3 is 10.1 Å². The quantitative estimate of drug-likeness (QED) is 0.832. The van der Waals surface area contributed by atoms with E-state index in [1.54, 1.807) is 7.11 Å². The third kappa shape index (κ3) is 3.99. The molecule has 3 heteroatoms. The van der Waals surface area contributed by atoms with E-state index in [1.165, 1.54) is 11.1 Å². The molecule has 0 aromatic heterocycles. The first-order chi connectivity index (χ1) is 10.2. The molecule has 0 saturated carbocycles. The molecule has 0 amide bonds. The largest absolute Gasteiger partial charge is 0.496 e. The smallest absolute Gasteiger partial charge is 0.123 e. The zero-order chi connectivity index (χ0) is 15.2. The predicted octanol–water partition coefficient (Wildman–Crippen LogP) is 4.75. The highest BCUT2D eigenvalue weighted by molar-refractivity contribution is 6.30. The van der Waals surface area contributed by atoms with Crippen molar-refractivity contribution in [2.75, 3.05) is 13.7 Å². The summed E-state index contributed by atoms with van der Waals surface area (Å²) in [4.78, 5) is 0. The van der Waals surface area contributed by atoms with E-state index in [1.807, 2.05) is 18.2 Å². The van der Waals surface area contributed by atoms with Gasteiger partial charge in [0, 0.05) is 10.6 Å². The Morgan fingerprint density at radius 1 is 1.14 bits per heavy atom. The third-order valence-corrected chi connectivity index (χ3v) is 3.75. The molecule has 0 bridgehead atoms. The summed E-state index contributed by atoms with van der Waals surface area (Å²) in [5.41, 5.74) is 3.58.